The van der Waals surface area contributed by atoms with Gasteiger partial charge in [-0.1, -0.05) is 17.7 Å². The van der Waals surface area contributed by atoms with E-state index in [0.717, 1.165) is 29.0 Å². The van der Waals surface area contributed by atoms with Crippen LogP contribution >= 0.6 is 22.9 Å². The molecule has 2 N–H and O–H groups in total. The number of hydrogen-bond donors (Lipinski definition) is 2. The summed E-state index contributed by atoms with van der Waals surface area (Å²) < 4.78 is 0.543. The second kappa shape index (κ2) is 6.03. The van der Waals surface area contributed by atoms with Crippen LogP contribution in [0.5, 0.6) is 0 Å². The van der Waals surface area contributed by atoms with Gasteiger partial charge in [0.2, 0.25) is 0 Å². The van der Waals surface area contributed by atoms with Crippen molar-refractivity contribution in [2.75, 3.05) is 5.32 Å². The highest BCUT2D eigenvalue weighted by Gasteiger charge is 2.23. The van der Waals surface area contributed by atoms with E-state index in [9.17, 15) is 4.79 Å². The van der Waals surface area contributed by atoms with Crippen molar-refractivity contribution in [3.05, 3.63) is 44.9 Å². The van der Waals surface area contributed by atoms with Gasteiger partial charge >= 0.3 is 0 Å². The second-order valence-electron chi connectivity index (χ2n) is 5.21. The van der Waals surface area contributed by atoms with Gasteiger partial charge in [0, 0.05) is 28.4 Å². The first kappa shape index (κ1) is 14.4. The predicted octanol–water partition coefficient (Wildman–Crippen LogP) is 3.61. The highest BCUT2D eigenvalue weighted by atomic mass is 35.5. The first-order valence-corrected chi connectivity index (χ1v) is 8.07. The van der Waals surface area contributed by atoms with Crippen LogP contribution in [-0.2, 0) is 6.54 Å². The molecular weight excluding hydrogens is 306 g/mol. The molecular formula is C15H16ClN3OS. The van der Waals surface area contributed by atoms with Crippen LogP contribution in [-0.4, -0.2) is 16.9 Å². The minimum atomic E-state index is 0.00128. The molecule has 0 spiro atoms. The zero-order valence-corrected chi connectivity index (χ0v) is 13.2. The first-order chi connectivity index (χ1) is 10.1. The number of carbonyl (C=O) groups excluding carboxylic acids is 1. The van der Waals surface area contributed by atoms with Gasteiger partial charge in [-0.05, 0) is 37.5 Å². The summed E-state index contributed by atoms with van der Waals surface area (Å²) >= 11 is 7.27. The van der Waals surface area contributed by atoms with E-state index >= 15 is 0 Å². The van der Waals surface area contributed by atoms with E-state index in [4.69, 9.17) is 11.6 Å². The van der Waals surface area contributed by atoms with Crippen LogP contribution in [0.4, 0.5) is 5.69 Å². The van der Waals surface area contributed by atoms with Gasteiger partial charge in [-0.25, -0.2) is 4.98 Å². The van der Waals surface area contributed by atoms with E-state index in [0.29, 0.717) is 22.6 Å². The van der Waals surface area contributed by atoms with E-state index in [1.165, 1.54) is 11.3 Å². The largest absolute Gasteiger partial charge is 0.380 e. The lowest BCUT2D eigenvalue weighted by Crippen LogP contribution is -2.25. The van der Waals surface area contributed by atoms with E-state index < -0.39 is 0 Å². The number of aryl methyl sites for hydroxylation is 1. The van der Waals surface area contributed by atoms with Crippen molar-refractivity contribution in [3.63, 3.8) is 0 Å². The summed E-state index contributed by atoms with van der Waals surface area (Å²) in [6.07, 6.45) is 3.95. The average molecular weight is 322 g/mol. The van der Waals surface area contributed by atoms with Gasteiger partial charge in [0.1, 0.15) is 0 Å². The smallest absolute Gasteiger partial charge is 0.251 e. The third-order valence-corrected chi connectivity index (χ3v) is 4.51. The molecule has 0 aliphatic heterocycles. The number of thiazole rings is 1. The quantitative estimate of drug-likeness (QED) is 0.884. The first-order valence-electron chi connectivity index (χ1n) is 6.87. The minimum Gasteiger partial charge on any atom is -0.380 e. The topological polar surface area (TPSA) is 54.0 Å². The summed E-state index contributed by atoms with van der Waals surface area (Å²) in [7, 11) is 0. The minimum absolute atomic E-state index is 0.00128. The fourth-order valence-corrected chi connectivity index (χ4v) is 2.92. The van der Waals surface area contributed by atoms with Crippen LogP contribution in [0.1, 0.15) is 33.6 Å². The Labute approximate surface area is 132 Å². The molecule has 0 unspecified atom stereocenters. The molecule has 3 rings (SSSR count). The maximum Gasteiger partial charge on any atom is 0.251 e. The van der Waals surface area contributed by atoms with Gasteiger partial charge in [-0.15, -0.1) is 11.3 Å². The molecule has 0 bridgehead atoms. The van der Waals surface area contributed by atoms with Crippen molar-refractivity contribution in [2.24, 2.45) is 0 Å². The molecule has 6 heteroatoms. The molecule has 2 aromatic rings. The monoisotopic (exact) mass is 321 g/mol. The molecule has 1 aromatic heterocycles. The Hall–Kier alpha value is -1.59. The van der Waals surface area contributed by atoms with Gasteiger partial charge < -0.3 is 10.6 Å². The molecule has 4 nitrogen and oxygen atoms in total. The number of benzene rings is 1. The number of anilines is 1. The van der Waals surface area contributed by atoms with E-state index in [2.05, 4.69) is 15.6 Å². The third kappa shape index (κ3) is 3.74. The van der Waals surface area contributed by atoms with Gasteiger partial charge in [-0.3, -0.25) is 4.79 Å². The maximum atomic E-state index is 12.1. The van der Waals surface area contributed by atoms with Crippen molar-refractivity contribution >= 4 is 34.5 Å². The Morgan fingerprint density at radius 3 is 2.95 bits per heavy atom. The number of carbonyl (C=O) groups is 1. The van der Waals surface area contributed by atoms with Gasteiger partial charge in [0.25, 0.3) is 5.91 Å². The Morgan fingerprint density at radius 1 is 1.48 bits per heavy atom. The summed E-state index contributed by atoms with van der Waals surface area (Å²) in [5.41, 5.74) is 2.76. The zero-order valence-electron chi connectivity index (χ0n) is 11.6. The number of halogens is 1. The Kier molecular flexibility index (Phi) is 4.12. The zero-order chi connectivity index (χ0) is 14.8. The fraction of sp³-hybridized carbons (Fsp3) is 0.333. The molecule has 0 saturated heterocycles. The summed E-state index contributed by atoms with van der Waals surface area (Å²) in [6.45, 7) is 2.67. The van der Waals surface area contributed by atoms with Crippen molar-refractivity contribution in [1.29, 1.82) is 0 Å². The summed E-state index contributed by atoms with van der Waals surface area (Å²) in [4.78, 5) is 17.2. The highest BCUT2D eigenvalue weighted by molar-refractivity contribution is 7.15. The maximum absolute atomic E-state index is 12.1. The molecule has 1 saturated carbocycles. The Bertz CT molecular complexity index is 667. The van der Waals surface area contributed by atoms with E-state index in [-0.39, 0.29) is 5.91 Å². The fourth-order valence-electron chi connectivity index (χ4n) is 2.00. The Balaban J connectivity index is 1.69. The number of amides is 1. The molecule has 1 aliphatic carbocycles. The third-order valence-electron chi connectivity index (χ3n) is 3.39. The number of rotatable bonds is 5. The Morgan fingerprint density at radius 2 is 2.29 bits per heavy atom. The van der Waals surface area contributed by atoms with Gasteiger partial charge in [-0.2, -0.15) is 0 Å². The average Bonchev–Trinajstić information content (AvgIpc) is 3.18. The lowest BCUT2D eigenvalue weighted by atomic mass is 10.1. The van der Waals surface area contributed by atoms with Gasteiger partial charge in [0.05, 0.1) is 6.54 Å². The van der Waals surface area contributed by atoms with Crippen LogP contribution in [0.2, 0.25) is 4.47 Å². The van der Waals surface area contributed by atoms with Crippen molar-refractivity contribution in [3.8, 4) is 0 Å². The summed E-state index contributed by atoms with van der Waals surface area (Å²) in [6, 6.07) is 6.09. The highest BCUT2D eigenvalue weighted by Crippen LogP contribution is 2.23. The lowest BCUT2D eigenvalue weighted by molar-refractivity contribution is 0.0951. The molecule has 0 radical (unpaired) electrons. The SMILES string of the molecule is Cc1ccc(C(=O)NC2CC2)cc1NCc1cnc(Cl)s1. The van der Waals surface area contributed by atoms with Gasteiger partial charge in [0.15, 0.2) is 4.47 Å². The lowest BCUT2D eigenvalue weighted by Gasteiger charge is -2.11. The number of nitrogens with zero attached hydrogens (tertiary/aromatic N) is 1. The number of hydrogen-bond acceptors (Lipinski definition) is 4. The van der Waals surface area contributed by atoms with Crippen LogP contribution in [0.15, 0.2) is 24.4 Å². The molecule has 21 heavy (non-hydrogen) atoms. The second-order valence-corrected chi connectivity index (χ2v) is 6.91. The normalized spacial score (nSPS) is 14.0. The van der Waals surface area contributed by atoms with Crippen LogP contribution < -0.4 is 10.6 Å². The molecule has 1 fully saturated rings. The number of nitrogens with one attached hydrogen (secondary N) is 2. The summed E-state index contributed by atoms with van der Waals surface area (Å²) in [5, 5.41) is 6.34. The molecule has 0 atom stereocenters. The van der Waals surface area contributed by atoms with Crippen molar-refractivity contribution < 1.29 is 4.79 Å². The van der Waals surface area contributed by atoms with Crippen molar-refractivity contribution in [2.45, 2.75) is 32.4 Å². The molecule has 1 aromatic carbocycles. The van der Waals surface area contributed by atoms with Crippen LogP contribution in [0.3, 0.4) is 0 Å². The summed E-state index contributed by atoms with van der Waals surface area (Å²) in [5.74, 6) is 0.00128. The number of aromatic nitrogens is 1. The van der Waals surface area contributed by atoms with Crippen LogP contribution in [0.25, 0.3) is 0 Å². The molecule has 1 amide bonds. The molecule has 110 valence electrons. The standard InChI is InChI=1S/C15H16ClN3OS/c1-9-2-3-10(14(20)19-11-4-5-11)6-13(9)17-7-12-8-18-15(16)21-12/h2-3,6,8,11,17H,4-5,7H2,1H3,(H,19,20). The molecule has 1 heterocycles. The van der Waals surface area contributed by atoms with E-state index in [1.807, 2.05) is 25.1 Å². The van der Waals surface area contributed by atoms with Crippen LogP contribution in [0, 0.1) is 6.92 Å². The van der Waals surface area contributed by atoms with Crippen molar-refractivity contribution in [1.82, 2.24) is 10.3 Å². The molecule has 1 aliphatic rings. The predicted molar refractivity (Wildman–Crippen MR) is 86.1 cm³/mol. The van der Waals surface area contributed by atoms with E-state index in [1.54, 1.807) is 6.20 Å².